The van der Waals surface area contributed by atoms with Gasteiger partial charge in [-0.2, -0.15) is 0 Å². The van der Waals surface area contributed by atoms with E-state index in [2.05, 4.69) is 26.7 Å². The molecule has 0 aromatic rings. The van der Waals surface area contributed by atoms with Crippen molar-refractivity contribution in [1.29, 1.82) is 0 Å². The summed E-state index contributed by atoms with van der Waals surface area (Å²) in [5, 5.41) is 9.35. The molecule has 4 heterocycles. The van der Waals surface area contributed by atoms with Gasteiger partial charge in [-0.05, 0) is 46.0 Å². The predicted octanol–water partition coefficient (Wildman–Crippen LogP) is 2.18. The third-order valence-corrected chi connectivity index (χ3v) is 8.43. The summed E-state index contributed by atoms with van der Waals surface area (Å²) >= 11 is 1.55. The predicted molar refractivity (Wildman–Crippen MR) is 126 cm³/mol. The van der Waals surface area contributed by atoms with Crippen LogP contribution in [0.3, 0.4) is 0 Å². The molecule has 174 valence electrons. The lowest BCUT2D eigenvalue weighted by Crippen LogP contribution is -2.65. The molecule has 0 aliphatic carbocycles. The van der Waals surface area contributed by atoms with Crippen LogP contribution in [0.5, 0.6) is 0 Å². The van der Waals surface area contributed by atoms with E-state index in [0.717, 1.165) is 57.9 Å². The molecule has 3 atom stereocenters. The largest absolute Gasteiger partial charge is 0.480 e. The molecule has 3 unspecified atom stereocenters. The number of piperidine rings is 1. The second-order valence-corrected chi connectivity index (χ2v) is 11.0. The molecule has 0 radical (unpaired) electrons. The van der Waals surface area contributed by atoms with E-state index in [-0.39, 0.29) is 23.7 Å². The number of hydrogen-bond donors (Lipinski definition) is 1. The Morgan fingerprint density at radius 1 is 1.32 bits per heavy atom. The van der Waals surface area contributed by atoms with Gasteiger partial charge in [0.25, 0.3) is 5.91 Å². The second kappa shape index (κ2) is 9.57. The Labute approximate surface area is 194 Å². The summed E-state index contributed by atoms with van der Waals surface area (Å²) in [6.45, 7) is 11.0. The number of halogens is 1. The summed E-state index contributed by atoms with van der Waals surface area (Å²) < 4.78 is -0.494. The molecule has 10 heteroatoms. The van der Waals surface area contributed by atoms with Crippen LogP contribution in [0.15, 0.2) is 9.98 Å². The van der Waals surface area contributed by atoms with E-state index in [1.807, 2.05) is 20.2 Å². The molecule has 0 bridgehead atoms. The van der Waals surface area contributed by atoms with Crippen molar-refractivity contribution in [2.45, 2.75) is 68.7 Å². The Balaban J connectivity index is 0.00000272. The van der Waals surface area contributed by atoms with Crippen LogP contribution in [0, 0.1) is 5.92 Å². The molecule has 4 rings (SSSR count). The average Bonchev–Trinajstić information content (AvgIpc) is 3.27. The normalized spacial score (nSPS) is 30.3. The van der Waals surface area contributed by atoms with Crippen LogP contribution in [0.25, 0.3) is 0 Å². The fourth-order valence-corrected chi connectivity index (χ4v) is 6.71. The number of carboxylic acid groups (broad SMARTS) is 1. The number of carbonyl (C=O) groups is 2. The highest BCUT2D eigenvalue weighted by Gasteiger charge is 2.63. The van der Waals surface area contributed by atoms with Crippen LogP contribution >= 0.6 is 24.2 Å². The highest BCUT2D eigenvalue weighted by atomic mass is 35.5. The molecule has 8 nitrogen and oxygen atoms in total. The van der Waals surface area contributed by atoms with E-state index >= 15 is 0 Å². The second-order valence-electron chi connectivity index (χ2n) is 9.20. The summed E-state index contributed by atoms with van der Waals surface area (Å²) in [7, 11) is 0. The number of carboxylic acids is 1. The van der Waals surface area contributed by atoms with Crippen LogP contribution in [0.1, 0.15) is 46.5 Å². The Morgan fingerprint density at radius 3 is 2.68 bits per heavy atom. The van der Waals surface area contributed by atoms with Crippen molar-refractivity contribution in [1.82, 2.24) is 14.7 Å². The molecule has 0 saturated carbocycles. The fraction of sp³-hybridized carbons (Fsp3) is 0.810. The maximum absolute atomic E-state index is 12.5. The van der Waals surface area contributed by atoms with Crippen LogP contribution in [-0.4, -0.2) is 98.8 Å². The van der Waals surface area contributed by atoms with E-state index in [0.29, 0.717) is 0 Å². The van der Waals surface area contributed by atoms with Gasteiger partial charge in [0, 0.05) is 37.3 Å². The zero-order valence-electron chi connectivity index (χ0n) is 18.6. The lowest BCUT2D eigenvalue weighted by molar-refractivity contribution is -0.158. The van der Waals surface area contributed by atoms with E-state index < -0.39 is 22.8 Å². The Morgan fingerprint density at radius 2 is 2.03 bits per heavy atom. The summed E-state index contributed by atoms with van der Waals surface area (Å²) in [6, 6.07) is -1.22. The van der Waals surface area contributed by atoms with Gasteiger partial charge in [0.15, 0.2) is 6.04 Å². The van der Waals surface area contributed by atoms with Gasteiger partial charge in [-0.15, -0.1) is 24.2 Å². The number of rotatable bonds is 7. The van der Waals surface area contributed by atoms with Gasteiger partial charge >= 0.3 is 5.97 Å². The summed E-state index contributed by atoms with van der Waals surface area (Å²) in [5.41, 5.74) is 0. The molecule has 1 amide bonds. The maximum Gasteiger partial charge on any atom is 0.327 e. The number of amidine groups is 1. The number of fused-ring (bicyclic) bond motifs is 1. The zero-order chi connectivity index (χ0) is 21.5. The van der Waals surface area contributed by atoms with Crippen LogP contribution < -0.4 is 0 Å². The number of likely N-dealkylation sites (tertiary alicyclic amines) is 1. The van der Waals surface area contributed by atoms with Gasteiger partial charge in [-0.1, -0.05) is 0 Å². The monoisotopic (exact) mass is 471 g/mol. The highest BCUT2D eigenvalue weighted by molar-refractivity contribution is 8.01. The minimum atomic E-state index is -0.932. The third-order valence-electron chi connectivity index (χ3n) is 6.87. The third kappa shape index (κ3) is 4.67. The first-order valence-corrected chi connectivity index (χ1v) is 12.0. The van der Waals surface area contributed by atoms with E-state index in [1.165, 1.54) is 17.2 Å². The number of likely N-dealkylation sites (N-methyl/N-ethyl adjacent to an activating group) is 1. The van der Waals surface area contributed by atoms with Gasteiger partial charge in [-0.3, -0.25) is 14.8 Å². The Bertz CT molecular complexity index is 753. The minimum Gasteiger partial charge on any atom is -0.480 e. The molecule has 4 aliphatic heterocycles. The molecule has 1 N–H and O–H groups in total. The first kappa shape index (κ1) is 24.2. The van der Waals surface area contributed by atoms with Crippen LogP contribution in [0.2, 0.25) is 0 Å². The van der Waals surface area contributed by atoms with Crippen molar-refractivity contribution in [2.24, 2.45) is 15.9 Å². The lowest BCUT2D eigenvalue weighted by Gasteiger charge is -2.41. The van der Waals surface area contributed by atoms with Gasteiger partial charge in [0.2, 0.25) is 0 Å². The van der Waals surface area contributed by atoms with Crippen molar-refractivity contribution in [2.75, 3.05) is 32.7 Å². The summed E-state index contributed by atoms with van der Waals surface area (Å²) in [5.74, 6) is 0.916. The van der Waals surface area contributed by atoms with Gasteiger partial charge in [-0.25, -0.2) is 4.79 Å². The Kier molecular flexibility index (Phi) is 7.46. The molecule has 4 aliphatic rings. The van der Waals surface area contributed by atoms with Crippen molar-refractivity contribution in [3.63, 3.8) is 0 Å². The smallest absolute Gasteiger partial charge is 0.327 e. The lowest BCUT2D eigenvalue weighted by atomic mass is 9.92. The van der Waals surface area contributed by atoms with Gasteiger partial charge in [0.05, 0.1) is 18.7 Å². The highest BCUT2D eigenvalue weighted by Crippen LogP contribution is 2.51. The molecule has 31 heavy (non-hydrogen) atoms. The molecule has 0 aromatic carbocycles. The van der Waals surface area contributed by atoms with Gasteiger partial charge < -0.3 is 19.8 Å². The number of thioether (sulfide) groups is 1. The number of β-lactam (4-membered cyclic amide) rings is 1. The topological polar surface area (TPSA) is 88.8 Å². The standard InChI is InChI=1S/C21H33N5O3S.ClH/c1-4-25-12-9-22-15(25)6-5-14-7-10-24(11-8-14)13-23-16-18(27)26-17(20(28)29)21(2,3)30-19(16)26;/h13-14,16-17,19H,4-12H2,1-3H3,(H,28,29);1H. The molecule has 3 saturated heterocycles. The fourth-order valence-electron chi connectivity index (χ4n) is 5.09. The SMILES string of the molecule is CCN1CCN=C1CCC1CCN(C=NC2C(=O)N3C2SC(C)(C)C3C(=O)O)CC1.Cl. The van der Waals surface area contributed by atoms with Crippen molar-refractivity contribution >= 4 is 48.2 Å². The average molecular weight is 472 g/mol. The first-order valence-electron chi connectivity index (χ1n) is 11.1. The van der Waals surface area contributed by atoms with Crippen molar-refractivity contribution < 1.29 is 14.7 Å². The molecule has 3 fully saturated rings. The molecule has 0 spiro atoms. The van der Waals surface area contributed by atoms with Crippen LogP contribution in [0.4, 0.5) is 0 Å². The molecule has 0 aromatic heterocycles. The molecular formula is C21H34ClN5O3S. The maximum atomic E-state index is 12.5. The number of carbonyl (C=O) groups excluding carboxylic acids is 1. The van der Waals surface area contributed by atoms with E-state index in [4.69, 9.17) is 0 Å². The molecular weight excluding hydrogens is 438 g/mol. The van der Waals surface area contributed by atoms with E-state index in [1.54, 1.807) is 11.8 Å². The van der Waals surface area contributed by atoms with Crippen molar-refractivity contribution in [3.8, 4) is 0 Å². The van der Waals surface area contributed by atoms with Crippen molar-refractivity contribution in [3.05, 3.63) is 0 Å². The number of nitrogens with zero attached hydrogens (tertiary/aromatic N) is 5. The van der Waals surface area contributed by atoms with Crippen LogP contribution in [-0.2, 0) is 9.59 Å². The number of aliphatic imine (C=N–C) groups is 2. The number of hydrogen-bond acceptors (Lipinski definition) is 6. The number of amides is 1. The Hall–Kier alpha value is -1.48. The van der Waals surface area contributed by atoms with Gasteiger partial charge in [0.1, 0.15) is 11.4 Å². The summed E-state index contributed by atoms with van der Waals surface area (Å²) in [6.07, 6.45) is 6.39. The summed E-state index contributed by atoms with van der Waals surface area (Å²) in [4.78, 5) is 39.4. The zero-order valence-corrected chi connectivity index (χ0v) is 20.2. The number of aliphatic carboxylic acids is 1. The quantitative estimate of drug-likeness (QED) is 0.348. The first-order chi connectivity index (χ1) is 14.3. The van der Waals surface area contributed by atoms with E-state index in [9.17, 15) is 14.7 Å². The minimum absolute atomic E-state index is 0.